The van der Waals surface area contributed by atoms with Crippen LogP contribution in [-0.2, 0) is 14.3 Å². The quantitative estimate of drug-likeness (QED) is 0.802. The molecule has 2 fully saturated rings. The van der Waals surface area contributed by atoms with Gasteiger partial charge < -0.3 is 14.6 Å². The minimum atomic E-state index is -0.707. The molecule has 1 saturated heterocycles. The van der Waals surface area contributed by atoms with Crippen LogP contribution in [0.15, 0.2) is 0 Å². The van der Waals surface area contributed by atoms with E-state index in [1.54, 1.807) is 0 Å². The number of hydrogen-bond acceptors (Lipinski definition) is 3. The fraction of sp³-hybridized carbons (Fsp3) is 0.923. The average Bonchev–Trinajstić information content (AvgIpc) is 2.82. The maximum Gasteiger partial charge on any atom is 0.309 e. The van der Waals surface area contributed by atoms with Crippen molar-refractivity contribution in [2.75, 3.05) is 13.2 Å². The van der Waals surface area contributed by atoms with Crippen molar-refractivity contribution in [2.45, 2.75) is 50.7 Å². The second kappa shape index (κ2) is 5.76. The van der Waals surface area contributed by atoms with Gasteiger partial charge in [-0.3, -0.25) is 4.79 Å². The standard InChI is InChI=1S/C13H21ClO4/c1-9(14)8-13(12(15)16)4-2-10(3-5-13)11-17-6-7-18-11/h9-11H,2-8H2,1H3,(H,15,16). The Morgan fingerprint density at radius 3 is 2.39 bits per heavy atom. The Balaban J connectivity index is 1.95. The SMILES string of the molecule is CC(Cl)CC1(C(=O)O)CCC(C2OCCO2)CC1. The first-order valence-electron chi connectivity index (χ1n) is 6.64. The molecule has 1 aliphatic carbocycles. The van der Waals surface area contributed by atoms with E-state index in [1.807, 2.05) is 6.92 Å². The smallest absolute Gasteiger partial charge is 0.309 e. The number of aliphatic carboxylic acids is 1. The molecule has 1 heterocycles. The van der Waals surface area contributed by atoms with Crippen LogP contribution in [0.1, 0.15) is 39.0 Å². The molecule has 2 rings (SSSR count). The van der Waals surface area contributed by atoms with E-state index in [0.29, 0.717) is 38.4 Å². The van der Waals surface area contributed by atoms with Gasteiger partial charge in [-0.2, -0.15) is 0 Å². The van der Waals surface area contributed by atoms with Crippen molar-refractivity contribution in [3.63, 3.8) is 0 Å². The summed E-state index contributed by atoms with van der Waals surface area (Å²) in [6.45, 7) is 3.18. The summed E-state index contributed by atoms with van der Waals surface area (Å²) in [7, 11) is 0. The minimum Gasteiger partial charge on any atom is -0.481 e. The molecule has 0 amide bonds. The molecule has 0 aromatic carbocycles. The van der Waals surface area contributed by atoms with Crippen LogP contribution < -0.4 is 0 Å². The second-order valence-electron chi connectivity index (χ2n) is 5.52. The first kappa shape index (κ1) is 14.1. The summed E-state index contributed by atoms with van der Waals surface area (Å²) in [5.41, 5.74) is -0.643. The molecule has 0 aromatic rings. The number of carbonyl (C=O) groups is 1. The zero-order valence-electron chi connectivity index (χ0n) is 10.7. The van der Waals surface area contributed by atoms with E-state index in [1.165, 1.54) is 0 Å². The van der Waals surface area contributed by atoms with Gasteiger partial charge in [0.05, 0.1) is 18.6 Å². The summed E-state index contributed by atoms with van der Waals surface area (Å²) < 4.78 is 11.0. The van der Waals surface area contributed by atoms with Crippen LogP contribution in [0.4, 0.5) is 0 Å². The molecule has 104 valence electrons. The molecule has 0 radical (unpaired) electrons. The maximum absolute atomic E-state index is 11.5. The van der Waals surface area contributed by atoms with E-state index in [-0.39, 0.29) is 11.7 Å². The number of rotatable bonds is 4. The molecule has 0 spiro atoms. The number of alkyl halides is 1. The molecule has 1 atom stereocenters. The zero-order valence-corrected chi connectivity index (χ0v) is 11.5. The Morgan fingerprint density at radius 2 is 1.94 bits per heavy atom. The third kappa shape index (κ3) is 2.98. The number of carboxylic acids is 1. The fourth-order valence-corrected chi connectivity index (χ4v) is 3.45. The number of ether oxygens (including phenoxy) is 2. The van der Waals surface area contributed by atoms with E-state index in [0.717, 1.165) is 12.8 Å². The summed E-state index contributed by atoms with van der Waals surface area (Å²) in [6, 6.07) is 0. The average molecular weight is 277 g/mol. The Bertz CT molecular complexity index is 291. The normalized spacial score (nSPS) is 35.6. The topological polar surface area (TPSA) is 55.8 Å². The molecule has 1 saturated carbocycles. The van der Waals surface area contributed by atoms with Crippen LogP contribution in [0.5, 0.6) is 0 Å². The Labute approximate surface area is 113 Å². The molecule has 1 unspecified atom stereocenters. The van der Waals surface area contributed by atoms with Gasteiger partial charge >= 0.3 is 5.97 Å². The van der Waals surface area contributed by atoms with Gasteiger partial charge in [0.25, 0.3) is 0 Å². The van der Waals surface area contributed by atoms with Gasteiger partial charge in [0.15, 0.2) is 6.29 Å². The van der Waals surface area contributed by atoms with E-state index in [4.69, 9.17) is 21.1 Å². The fourth-order valence-electron chi connectivity index (χ4n) is 3.16. The van der Waals surface area contributed by atoms with Gasteiger partial charge in [0.1, 0.15) is 0 Å². The number of hydrogen-bond donors (Lipinski definition) is 1. The molecule has 0 aromatic heterocycles. The molecular formula is C13H21ClO4. The predicted molar refractivity (Wildman–Crippen MR) is 67.7 cm³/mol. The monoisotopic (exact) mass is 276 g/mol. The van der Waals surface area contributed by atoms with Crippen LogP contribution in [0.3, 0.4) is 0 Å². The zero-order chi connectivity index (χ0) is 13.2. The first-order valence-corrected chi connectivity index (χ1v) is 7.08. The number of carboxylic acid groups (broad SMARTS) is 1. The lowest BCUT2D eigenvalue weighted by atomic mass is 9.68. The van der Waals surface area contributed by atoms with Gasteiger partial charge in [-0.1, -0.05) is 0 Å². The van der Waals surface area contributed by atoms with E-state index < -0.39 is 11.4 Å². The van der Waals surface area contributed by atoms with Crippen LogP contribution in [0.25, 0.3) is 0 Å². The molecule has 0 bridgehead atoms. The van der Waals surface area contributed by atoms with Crippen LogP contribution in [-0.4, -0.2) is 36.0 Å². The van der Waals surface area contributed by atoms with E-state index in [9.17, 15) is 9.90 Å². The highest BCUT2D eigenvalue weighted by molar-refractivity contribution is 6.20. The van der Waals surface area contributed by atoms with Crippen LogP contribution >= 0.6 is 11.6 Å². The van der Waals surface area contributed by atoms with E-state index in [2.05, 4.69) is 0 Å². The minimum absolute atomic E-state index is 0.100. The Hall–Kier alpha value is -0.320. The Kier molecular flexibility index (Phi) is 4.51. The molecule has 4 nitrogen and oxygen atoms in total. The third-order valence-electron chi connectivity index (χ3n) is 4.15. The van der Waals surface area contributed by atoms with Crippen molar-refractivity contribution < 1.29 is 19.4 Å². The van der Waals surface area contributed by atoms with Crippen molar-refractivity contribution in [1.82, 2.24) is 0 Å². The predicted octanol–water partition coefficient (Wildman–Crippen LogP) is 2.64. The lowest BCUT2D eigenvalue weighted by Crippen LogP contribution is -2.39. The molecule has 5 heteroatoms. The van der Waals surface area contributed by atoms with Crippen molar-refractivity contribution in [1.29, 1.82) is 0 Å². The van der Waals surface area contributed by atoms with E-state index >= 15 is 0 Å². The highest BCUT2D eigenvalue weighted by atomic mass is 35.5. The summed E-state index contributed by atoms with van der Waals surface area (Å²) in [5.74, 6) is -0.368. The van der Waals surface area contributed by atoms with Gasteiger partial charge in [0.2, 0.25) is 0 Å². The summed E-state index contributed by atoms with van der Waals surface area (Å²) >= 11 is 6.00. The summed E-state index contributed by atoms with van der Waals surface area (Å²) in [4.78, 5) is 11.5. The van der Waals surface area contributed by atoms with Gasteiger partial charge in [-0.15, -0.1) is 11.6 Å². The van der Waals surface area contributed by atoms with Gasteiger partial charge in [-0.25, -0.2) is 0 Å². The van der Waals surface area contributed by atoms with Crippen molar-refractivity contribution in [3.8, 4) is 0 Å². The Morgan fingerprint density at radius 1 is 1.39 bits per heavy atom. The third-order valence-corrected chi connectivity index (χ3v) is 4.30. The molecular weight excluding hydrogens is 256 g/mol. The highest BCUT2D eigenvalue weighted by Gasteiger charge is 2.44. The maximum atomic E-state index is 11.5. The van der Waals surface area contributed by atoms with Crippen molar-refractivity contribution >= 4 is 17.6 Å². The highest BCUT2D eigenvalue weighted by Crippen LogP contribution is 2.45. The lowest BCUT2D eigenvalue weighted by molar-refractivity contribution is -0.156. The lowest BCUT2D eigenvalue weighted by Gasteiger charge is -2.38. The summed E-state index contributed by atoms with van der Waals surface area (Å²) in [5, 5.41) is 9.37. The van der Waals surface area contributed by atoms with Gasteiger partial charge in [-0.05, 0) is 39.0 Å². The van der Waals surface area contributed by atoms with Gasteiger partial charge in [0, 0.05) is 11.3 Å². The largest absolute Gasteiger partial charge is 0.481 e. The molecule has 2 aliphatic rings. The molecule has 1 N–H and O–H groups in total. The first-order chi connectivity index (χ1) is 8.53. The van der Waals surface area contributed by atoms with Crippen LogP contribution in [0, 0.1) is 11.3 Å². The summed E-state index contributed by atoms with van der Waals surface area (Å²) in [6.07, 6.45) is 3.47. The van der Waals surface area contributed by atoms with Crippen molar-refractivity contribution in [2.24, 2.45) is 11.3 Å². The number of halogens is 1. The second-order valence-corrected chi connectivity index (χ2v) is 6.26. The molecule has 1 aliphatic heterocycles. The van der Waals surface area contributed by atoms with Crippen LogP contribution in [0.2, 0.25) is 0 Å². The van der Waals surface area contributed by atoms with Crippen molar-refractivity contribution in [3.05, 3.63) is 0 Å². The molecule has 18 heavy (non-hydrogen) atoms.